The monoisotopic (exact) mass is 194 g/mol. The molecule has 1 N–H and O–H groups in total. The van der Waals surface area contributed by atoms with Crippen molar-refractivity contribution in [1.82, 2.24) is 4.98 Å². The van der Waals surface area contributed by atoms with Crippen LogP contribution in [0.2, 0.25) is 0 Å². The molecular weight excluding hydrogens is 180 g/mol. The second kappa shape index (κ2) is 4.82. The van der Waals surface area contributed by atoms with Gasteiger partial charge < -0.3 is 5.32 Å². The molecule has 13 heavy (non-hydrogen) atoms. The van der Waals surface area contributed by atoms with Crippen LogP contribution in [-0.4, -0.2) is 12.0 Å². The lowest BCUT2D eigenvalue weighted by molar-refractivity contribution is 1.41. The molecular formula is C10H14N2S. The number of anilines is 1. The molecule has 0 aliphatic heterocycles. The van der Waals surface area contributed by atoms with E-state index in [2.05, 4.69) is 16.4 Å². The van der Waals surface area contributed by atoms with Gasteiger partial charge in [0.2, 0.25) is 0 Å². The number of nitrogens with zero attached hydrogens (tertiary/aromatic N) is 1. The number of rotatable bonds is 1. The van der Waals surface area contributed by atoms with E-state index < -0.39 is 0 Å². The molecule has 3 heteroatoms. The standard InChI is InChI=1S/C8H8N2S.C2H6/c1-9-8-10-6-4-2-3-5-7(6)11-8;1-2/h2-5H,1H3,(H,9,10);1-2H3. The SMILES string of the molecule is CC.CNc1nc2ccccc2s1. The van der Waals surface area contributed by atoms with Crippen LogP contribution in [0.5, 0.6) is 0 Å². The predicted octanol–water partition coefficient (Wildman–Crippen LogP) is 3.36. The van der Waals surface area contributed by atoms with Gasteiger partial charge in [0.25, 0.3) is 0 Å². The first kappa shape index (κ1) is 9.99. The van der Waals surface area contributed by atoms with Gasteiger partial charge in [-0.2, -0.15) is 0 Å². The Bertz CT molecular complexity index is 335. The molecule has 2 rings (SSSR count). The molecule has 0 bridgehead atoms. The highest BCUT2D eigenvalue weighted by molar-refractivity contribution is 7.22. The summed E-state index contributed by atoms with van der Waals surface area (Å²) < 4.78 is 1.23. The lowest BCUT2D eigenvalue weighted by atomic mass is 10.3. The predicted molar refractivity (Wildman–Crippen MR) is 60.5 cm³/mol. The molecule has 2 aromatic rings. The Kier molecular flexibility index (Phi) is 3.71. The average molecular weight is 194 g/mol. The van der Waals surface area contributed by atoms with E-state index in [9.17, 15) is 0 Å². The molecule has 0 aliphatic rings. The van der Waals surface area contributed by atoms with Crippen LogP contribution < -0.4 is 5.32 Å². The number of fused-ring (bicyclic) bond motifs is 1. The fraction of sp³-hybridized carbons (Fsp3) is 0.300. The maximum atomic E-state index is 4.34. The zero-order valence-corrected chi connectivity index (χ0v) is 8.98. The van der Waals surface area contributed by atoms with E-state index in [1.165, 1.54) is 4.70 Å². The van der Waals surface area contributed by atoms with Crippen molar-refractivity contribution in [3.63, 3.8) is 0 Å². The van der Waals surface area contributed by atoms with E-state index in [4.69, 9.17) is 0 Å². The summed E-state index contributed by atoms with van der Waals surface area (Å²) in [6.45, 7) is 4.00. The van der Waals surface area contributed by atoms with Gasteiger partial charge in [-0.05, 0) is 12.1 Å². The van der Waals surface area contributed by atoms with Crippen LogP contribution in [0.25, 0.3) is 10.2 Å². The smallest absolute Gasteiger partial charge is 0.183 e. The van der Waals surface area contributed by atoms with Crippen molar-refractivity contribution < 1.29 is 0 Å². The zero-order valence-electron chi connectivity index (χ0n) is 8.16. The van der Waals surface area contributed by atoms with Gasteiger partial charge in [0.05, 0.1) is 10.2 Å². The highest BCUT2D eigenvalue weighted by atomic mass is 32.1. The Hall–Kier alpha value is -1.09. The maximum Gasteiger partial charge on any atom is 0.183 e. The zero-order chi connectivity index (χ0) is 9.68. The number of hydrogen-bond acceptors (Lipinski definition) is 3. The molecule has 1 aromatic carbocycles. The van der Waals surface area contributed by atoms with Gasteiger partial charge in [0.1, 0.15) is 0 Å². The Labute approximate surface area is 82.6 Å². The minimum atomic E-state index is 0.978. The van der Waals surface area contributed by atoms with Crippen molar-refractivity contribution in [3.05, 3.63) is 24.3 Å². The Morgan fingerprint density at radius 3 is 2.54 bits per heavy atom. The van der Waals surface area contributed by atoms with Gasteiger partial charge in [-0.1, -0.05) is 37.3 Å². The fourth-order valence-electron chi connectivity index (χ4n) is 0.979. The number of hydrogen-bond donors (Lipinski definition) is 1. The van der Waals surface area contributed by atoms with E-state index in [1.54, 1.807) is 11.3 Å². The largest absolute Gasteiger partial charge is 0.365 e. The molecule has 1 heterocycles. The highest BCUT2D eigenvalue weighted by Crippen LogP contribution is 2.24. The van der Waals surface area contributed by atoms with Gasteiger partial charge >= 0.3 is 0 Å². The third-order valence-corrected chi connectivity index (χ3v) is 2.56. The Morgan fingerprint density at radius 1 is 1.23 bits per heavy atom. The normalized spacial score (nSPS) is 9.15. The third kappa shape index (κ3) is 2.18. The van der Waals surface area contributed by atoms with Gasteiger partial charge in [0.15, 0.2) is 5.13 Å². The molecule has 0 spiro atoms. The molecule has 70 valence electrons. The summed E-state index contributed by atoms with van der Waals surface area (Å²) in [6, 6.07) is 8.13. The molecule has 0 fully saturated rings. The lowest BCUT2D eigenvalue weighted by Gasteiger charge is -1.84. The second-order valence-electron chi connectivity index (χ2n) is 2.24. The van der Waals surface area contributed by atoms with Crippen molar-refractivity contribution in [2.24, 2.45) is 0 Å². The van der Waals surface area contributed by atoms with Gasteiger partial charge in [0, 0.05) is 7.05 Å². The van der Waals surface area contributed by atoms with E-state index in [-0.39, 0.29) is 0 Å². The maximum absolute atomic E-state index is 4.34. The van der Waals surface area contributed by atoms with E-state index in [0.717, 1.165) is 10.6 Å². The first-order valence-electron chi connectivity index (χ1n) is 4.43. The number of nitrogens with one attached hydrogen (secondary N) is 1. The molecule has 0 atom stereocenters. The molecule has 1 aromatic heterocycles. The van der Waals surface area contributed by atoms with Crippen molar-refractivity contribution in [1.29, 1.82) is 0 Å². The molecule has 0 unspecified atom stereocenters. The van der Waals surface area contributed by atoms with Crippen LogP contribution in [0, 0.1) is 0 Å². The topological polar surface area (TPSA) is 24.9 Å². The van der Waals surface area contributed by atoms with Crippen LogP contribution in [0.4, 0.5) is 5.13 Å². The summed E-state index contributed by atoms with van der Waals surface area (Å²) in [4.78, 5) is 4.34. The van der Waals surface area contributed by atoms with Crippen molar-refractivity contribution in [3.8, 4) is 0 Å². The Morgan fingerprint density at radius 2 is 1.92 bits per heavy atom. The number of para-hydroxylation sites is 1. The highest BCUT2D eigenvalue weighted by Gasteiger charge is 1.98. The first-order chi connectivity index (χ1) is 6.40. The van der Waals surface area contributed by atoms with Crippen LogP contribution in [-0.2, 0) is 0 Å². The quantitative estimate of drug-likeness (QED) is 0.753. The van der Waals surface area contributed by atoms with Crippen LogP contribution in [0.1, 0.15) is 13.8 Å². The second-order valence-corrected chi connectivity index (χ2v) is 3.27. The summed E-state index contributed by atoms with van der Waals surface area (Å²) in [5, 5.41) is 4.00. The van der Waals surface area contributed by atoms with E-state index in [1.807, 2.05) is 39.1 Å². The van der Waals surface area contributed by atoms with Gasteiger partial charge in [-0.3, -0.25) is 0 Å². The molecule has 0 saturated heterocycles. The summed E-state index contributed by atoms with van der Waals surface area (Å²) in [6.07, 6.45) is 0. The first-order valence-corrected chi connectivity index (χ1v) is 5.25. The lowest BCUT2D eigenvalue weighted by Crippen LogP contribution is -1.83. The minimum Gasteiger partial charge on any atom is -0.365 e. The average Bonchev–Trinajstić information content (AvgIpc) is 2.63. The van der Waals surface area contributed by atoms with Crippen LogP contribution in [0.3, 0.4) is 0 Å². The van der Waals surface area contributed by atoms with Gasteiger partial charge in [-0.15, -0.1) is 0 Å². The van der Waals surface area contributed by atoms with Crippen molar-refractivity contribution in [2.45, 2.75) is 13.8 Å². The fourth-order valence-corrected chi connectivity index (χ4v) is 1.80. The van der Waals surface area contributed by atoms with Gasteiger partial charge in [-0.25, -0.2) is 4.98 Å². The molecule has 0 saturated carbocycles. The number of benzene rings is 1. The number of thiazole rings is 1. The molecule has 0 radical (unpaired) electrons. The molecule has 2 nitrogen and oxygen atoms in total. The van der Waals surface area contributed by atoms with E-state index in [0.29, 0.717) is 0 Å². The minimum absolute atomic E-state index is 0.978. The summed E-state index contributed by atoms with van der Waals surface area (Å²) in [5.74, 6) is 0. The van der Waals surface area contributed by atoms with Crippen LogP contribution >= 0.6 is 11.3 Å². The molecule has 0 aliphatic carbocycles. The molecule has 0 amide bonds. The summed E-state index contributed by atoms with van der Waals surface area (Å²) in [5.41, 5.74) is 1.07. The van der Waals surface area contributed by atoms with Crippen molar-refractivity contribution in [2.75, 3.05) is 12.4 Å². The van der Waals surface area contributed by atoms with Crippen LogP contribution in [0.15, 0.2) is 24.3 Å². The Balaban J connectivity index is 0.000000396. The number of aromatic nitrogens is 1. The van der Waals surface area contributed by atoms with Crippen molar-refractivity contribution >= 4 is 26.7 Å². The summed E-state index contributed by atoms with van der Waals surface area (Å²) in [7, 11) is 1.89. The third-order valence-electron chi connectivity index (χ3n) is 1.51. The summed E-state index contributed by atoms with van der Waals surface area (Å²) >= 11 is 1.68. The van der Waals surface area contributed by atoms with E-state index >= 15 is 0 Å².